The van der Waals surface area contributed by atoms with E-state index in [2.05, 4.69) is 16.0 Å². The van der Waals surface area contributed by atoms with Crippen molar-refractivity contribution in [3.63, 3.8) is 0 Å². The highest BCUT2D eigenvalue weighted by Crippen LogP contribution is 2.18. The van der Waals surface area contributed by atoms with Crippen LogP contribution in [0.1, 0.15) is 42.1 Å². The molecule has 2 aromatic carbocycles. The van der Waals surface area contributed by atoms with E-state index in [1.807, 2.05) is 25.1 Å². The summed E-state index contributed by atoms with van der Waals surface area (Å²) in [6, 6.07) is 12.5. The highest BCUT2D eigenvalue weighted by molar-refractivity contribution is 6.02. The lowest BCUT2D eigenvalue weighted by Crippen LogP contribution is -2.40. The maximum absolute atomic E-state index is 12.5. The van der Waals surface area contributed by atoms with Crippen LogP contribution in [0.25, 0.3) is 0 Å². The van der Waals surface area contributed by atoms with Gasteiger partial charge in [-0.15, -0.1) is 0 Å². The van der Waals surface area contributed by atoms with Crippen LogP contribution in [0.3, 0.4) is 0 Å². The van der Waals surface area contributed by atoms with Gasteiger partial charge in [0.05, 0.1) is 0 Å². The molecule has 0 saturated heterocycles. The van der Waals surface area contributed by atoms with Crippen molar-refractivity contribution < 1.29 is 19.5 Å². The molecular formula is C21H25N3O4. The lowest BCUT2D eigenvalue weighted by Gasteiger charge is -2.15. The van der Waals surface area contributed by atoms with Gasteiger partial charge in [0, 0.05) is 16.9 Å². The topological polar surface area (TPSA) is 108 Å². The molecule has 0 aliphatic heterocycles. The first-order valence-corrected chi connectivity index (χ1v) is 9.18. The maximum atomic E-state index is 12.5. The minimum atomic E-state index is -1.06. The summed E-state index contributed by atoms with van der Waals surface area (Å²) < 4.78 is 0. The smallest absolute Gasteiger partial charge is 0.326 e. The standard InChI is InChI=1S/C21H25N3O4/c1-3-4-10-17(20(26)27)23-19(25)15-12-11-14(2)18(13-15)24-21(28)22-16-8-6-5-7-9-16/h5-9,11-13,17H,3-4,10H2,1-2H3,(H,23,25)(H,26,27)(H2,22,24,28). The van der Waals surface area contributed by atoms with E-state index in [9.17, 15) is 19.5 Å². The number of carboxylic acids is 1. The molecule has 2 rings (SSSR count). The number of aryl methyl sites for hydroxylation is 1. The van der Waals surface area contributed by atoms with Gasteiger partial charge in [0.1, 0.15) is 6.04 Å². The normalized spacial score (nSPS) is 11.4. The number of hydrogen-bond acceptors (Lipinski definition) is 3. The molecule has 1 unspecified atom stereocenters. The molecule has 3 amide bonds. The van der Waals surface area contributed by atoms with Gasteiger partial charge in [-0.25, -0.2) is 9.59 Å². The monoisotopic (exact) mass is 383 g/mol. The number of carbonyl (C=O) groups excluding carboxylic acids is 2. The molecule has 28 heavy (non-hydrogen) atoms. The van der Waals surface area contributed by atoms with Crippen molar-refractivity contribution in [2.75, 3.05) is 10.6 Å². The number of carbonyl (C=O) groups is 3. The largest absolute Gasteiger partial charge is 0.480 e. The van der Waals surface area contributed by atoms with Crippen LogP contribution in [0.15, 0.2) is 48.5 Å². The number of unbranched alkanes of at least 4 members (excludes halogenated alkanes) is 1. The van der Waals surface area contributed by atoms with Gasteiger partial charge in [-0.2, -0.15) is 0 Å². The van der Waals surface area contributed by atoms with Crippen molar-refractivity contribution in [2.45, 2.75) is 39.2 Å². The van der Waals surface area contributed by atoms with E-state index in [0.29, 0.717) is 24.2 Å². The number of amides is 3. The van der Waals surface area contributed by atoms with Crippen LogP contribution in [0, 0.1) is 6.92 Å². The van der Waals surface area contributed by atoms with Gasteiger partial charge in [-0.1, -0.05) is 44.0 Å². The van der Waals surface area contributed by atoms with E-state index in [4.69, 9.17) is 0 Å². The predicted molar refractivity (Wildman–Crippen MR) is 109 cm³/mol. The quantitative estimate of drug-likeness (QED) is 0.552. The summed E-state index contributed by atoms with van der Waals surface area (Å²) >= 11 is 0. The molecule has 2 aromatic rings. The zero-order valence-electron chi connectivity index (χ0n) is 16.0. The van der Waals surface area contributed by atoms with Crippen molar-refractivity contribution >= 4 is 29.3 Å². The van der Waals surface area contributed by atoms with Gasteiger partial charge in [0.2, 0.25) is 0 Å². The van der Waals surface area contributed by atoms with Crippen molar-refractivity contribution in [1.29, 1.82) is 0 Å². The van der Waals surface area contributed by atoms with Crippen LogP contribution in [0.4, 0.5) is 16.2 Å². The second-order valence-corrected chi connectivity index (χ2v) is 6.48. The highest BCUT2D eigenvalue weighted by Gasteiger charge is 2.20. The van der Waals surface area contributed by atoms with Gasteiger partial charge in [0.15, 0.2) is 0 Å². The Kier molecular flexibility index (Phi) is 7.56. The molecule has 7 heteroatoms. The molecule has 7 nitrogen and oxygen atoms in total. The second kappa shape index (κ2) is 10.1. The molecule has 4 N–H and O–H groups in total. The van der Waals surface area contributed by atoms with Gasteiger partial charge >= 0.3 is 12.0 Å². The number of carboxylic acid groups (broad SMARTS) is 1. The number of nitrogens with one attached hydrogen (secondary N) is 3. The van der Waals surface area contributed by atoms with Crippen LogP contribution in [-0.2, 0) is 4.79 Å². The molecule has 0 bridgehead atoms. The molecule has 0 radical (unpaired) electrons. The average molecular weight is 383 g/mol. The molecule has 0 heterocycles. The molecule has 0 aromatic heterocycles. The van der Waals surface area contributed by atoms with Gasteiger partial charge in [-0.05, 0) is 43.2 Å². The number of anilines is 2. The lowest BCUT2D eigenvalue weighted by molar-refractivity contribution is -0.139. The zero-order valence-corrected chi connectivity index (χ0v) is 16.0. The Morgan fingerprint density at radius 1 is 1.04 bits per heavy atom. The average Bonchev–Trinajstić information content (AvgIpc) is 2.67. The third kappa shape index (κ3) is 6.12. The number of hydrogen-bond donors (Lipinski definition) is 4. The first kappa shape index (κ1) is 21.0. The molecule has 0 fully saturated rings. The minimum Gasteiger partial charge on any atom is -0.480 e. The first-order chi connectivity index (χ1) is 13.4. The van der Waals surface area contributed by atoms with Gasteiger partial charge in [0.25, 0.3) is 5.91 Å². The van der Waals surface area contributed by atoms with E-state index in [-0.39, 0.29) is 5.56 Å². The van der Waals surface area contributed by atoms with Crippen LogP contribution in [0.5, 0.6) is 0 Å². The Balaban J connectivity index is 2.07. The van der Waals surface area contributed by atoms with Gasteiger partial charge < -0.3 is 21.1 Å². The van der Waals surface area contributed by atoms with E-state index < -0.39 is 23.9 Å². The summed E-state index contributed by atoms with van der Waals surface area (Å²) in [6.45, 7) is 3.76. The summed E-state index contributed by atoms with van der Waals surface area (Å²) in [5, 5.41) is 17.2. The van der Waals surface area contributed by atoms with Crippen LogP contribution < -0.4 is 16.0 Å². The molecule has 0 saturated carbocycles. The number of rotatable bonds is 8. The lowest BCUT2D eigenvalue weighted by atomic mass is 10.1. The van der Waals surface area contributed by atoms with Crippen molar-refractivity contribution in [3.8, 4) is 0 Å². The fraction of sp³-hybridized carbons (Fsp3) is 0.286. The Morgan fingerprint density at radius 2 is 1.75 bits per heavy atom. The second-order valence-electron chi connectivity index (χ2n) is 6.48. The first-order valence-electron chi connectivity index (χ1n) is 9.18. The van der Waals surface area contributed by atoms with E-state index in [1.54, 1.807) is 31.2 Å². The van der Waals surface area contributed by atoms with Crippen molar-refractivity contribution in [2.24, 2.45) is 0 Å². The van der Waals surface area contributed by atoms with Crippen LogP contribution in [0.2, 0.25) is 0 Å². The summed E-state index contributed by atoms with van der Waals surface area (Å²) in [6.07, 6.45) is 1.92. The van der Waals surface area contributed by atoms with Crippen LogP contribution in [-0.4, -0.2) is 29.1 Å². The van der Waals surface area contributed by atoms with Crippen molar-refractivity contribution in [3.05, 3.63) is 59.7 Å². The molecule has 1 atom stereocenters. The number of benzene rings is 2. The van der Waals surface area contributed by atoms with Gasteiger partial charge in [-0.3, -0.25) is 4.79 Å². The number of urea groups is 1. The van der Waals surface area contributed by atoms with E-state index in [1.165, 1.54) is 6.07 Å². The minimum absolute atomic E-state index is 0.281. The molecule has 0 aliphatic carbocycles. The number of aliphatic carboxylic acids is 1. The molecule has 0 spiro atoms. The van der Waals surface area contributed by atoms with Crippen LogP contribution >= 0.6 is 0 Å². The van der Waals surface area contributed by atoms with E-state index >= 15 is 0 Å². The zero-order chi connectivity index (χ0) is 20.5. The summed E-state index contributed by atoms with van der Waals surface area (Å²) in [7, 11) is 0. The van der Waals surface area contributed by atoms with Crippen molar-refractivity contribution in [1.82, 2.24) is 5.32 Å². The summed E-state index contributed by atoms with van der Waals surface area (Å²) in [4.78, 5) is 36.0. The fourth-order valence-electron chi connectivity index (χ4n) is 2.61. The third-order valence-electron chi connectivity index (χ3n) is 4.23. The fourth-order valence-corrected chi connectivity index (χ4v) is 2.61. The Morgan fingerprint density at radius 3 is 2.39 bits per heavy atom. The predicted octanol–water partition coefficient (Wildman–Crippen LogP) is 4.01. The Bertz CT molecular complexity index is 837. The SMILES string of the molecule is CCCCC(NC(=O)c1ccc(C)c(NC(=O)Nc2ccccc2)c1)C(=O)O. The number of para-hydroxylation sites is 1. The Hall–Kier alpha value is -3.35. The summed E-state index contributed by atoms with van der Waals surface area (Å²) in [5.41, 5.74) is 2.18. The molecule has 148 valence electrons. The highest BCUT2D eigenvalue weighted by atomic mass is 16.4. The molecular weight excluding hydrogens is 358 g/mol. The maximum Gasteiger partial charge on any atom is 0.326 e. The third-order valence-corrected chi connectivity index (χ3v) is 4.23. The van der Waals surface area contributed by atoms with E-state index in [0.717, 1.165) is 12.0 Å². The summed E-state index contributed by atoms with van der Waals surface area (Å²) in [5.74, 6) is -1.55. The Labute approximate surface area is 164 Å². The molecule has 0 aliphatic rings.